The molecular weight excluding hydrogens is 360 g/mol. The SMILES string of the molecule is COC(=O)c1ccc(/C=C2\Oc3cc(OC(=O)C4CC4)cc(C)c3C2=O)cc1. The summed E-state index contributed by atoms with van der Waals surface area (Å²) in [6, 6.07) is 9.89. The van der Waals surface area contributed by atoms with Crippen molar-refractivity contribution in [3.05, 3.63) is 64.4 Å². The van der Waals surface area contributed by atoms with Gasteiger partial charge in [-0.15, -0.1) is 0 Å². The summed E-state index contributed by atoms with van der Waals surface area (Å²) in [5.41, 5.74) is 2.28. The lowest BCUT2D eigenvalue weighted by molar-refractivity contribution is -0.135. The van der Waals surface area contributed by atoms with Crippen molar-refractivity contribution in [3.8, 4) is 11.5 Å². The smallest absolute Gasteiger partial charge is 0.337 e. The molecule has 1 heterocycles. The number of ether oxygens (including phenoxy) is 3. The zero-order valence-corrected chi connectivity index (χ0v) is 15.5. The Hall–Kier alpha value is -3.41. The minimum Gasteiger partial charge on any atom is -0.465 e. The fraction of sp³-hybridized carbons (Fsp3) is 0.227. The molecule has 1 aliphatic carbocycles. The second-order valence-electron chi connectivity index (χ2n) is 6.86. The maximum absolute atomic E-state index is 12.7. The highest BCUT2D eigenvalue weighted by atomic mass is 16.5. The van der Waals surface area contributed by atoms with Gasteiger partial charge in [-0.05, 0) is 55.2 Å². The lowest BCUT2D eigenvalue weighted by atomic mass is 10.0. The molecule has 0 aromatic heterocycles. The fourth-order valence-electron chi connectivity index (χ4n) is 3.04. The molecule has 2 aromatic carbocycles. The molecule has 1 saturated carbocycles. The van der Waals surface area contributed by atoms with Crippen LogP contribution in [-0.4, -0.2) is 24.8 Å². The Labute approximate surface area is 161 Å². The quantitative estimate of drug-likeness (QED) is 0.458. The topological polar surface area (TPSA) is 78.9 Å². The van der Waals surface area contributed by atoms with Gasteiger partial charge in [-0.3, -0.25) is 9.59 Å². The Morgan fingerprint density at radius 2 is 1.86 bits per heavy atom. The third-order valence-corrected chi connectivity index (χ3v) is 4.70. The number of methoxy groups -OCH3 is 1. The number of ketones is 1. The van der Waals surface area contributed by atoms with E-state index in [1.54, 1.807) is 49.4 Å². The van der Waals surface area contributed by atoms with Crippen molar-refractivity contribution >= 4 is 23.8 Å². The normalized spacial score (nSPS) is 16.5. The molecule has 0 bridgehead atoms. The number of fused-ring (bicyclic) bond motifs is 1. The first-order valence-corrected chi connectivity index (χ1v) is 8.95. The Kier molecular flexibility index (Phi) is 4.47. The Bertz CT molecular complexity index is 1010. The second-order valence-corrected chi connectivity index (χ2v) is 6.86. The van der Waals surface area contributed by atoms with E-state index in [4.69, 9.17) is 9.47 Å². The zero-order valence-electron chi connectivity index (χ0n) is 15.5. The molecule has 0 amide bonds. The van der Waals surface area contributed by atoms with E-state index in [-0.39, 0.29) is 23.4 Å². The molecule has 28 heavy (non-hydrogen) atoms. The van der Waals surface area contributed by atoms with Gasteiger partial charge in [-0.2, -0.15) is 0 Å². The molecule has 6 heteroatoms. The molecule has 2 aliphatic rings. The molecule has 0 unspecified atom stereocenters. The van der Waals surface area contributed by atoms with E-state index in [2.05, 4.69) is 4.74 Å². The van der Waals surface area contributed by atoms with Gasteiger partial charge in [0.1, 0.15) is 11.5 Å². The van der Waals surface area contributed by atoms with Crippen molar-refractivity contribution in [1.82, 2.24) is 0 Å². The van der Waals surface area contributed by atoms with Crippen LogP contribution in [-0.2, 0) is 9.53 Å². The molecular formula is C22H18O6. The van der Waals surface area contributed by atoms with Crippen LogP contribution in [0.15, 0.2) is 42.2 Å². The van der Waals surface area contributed by atoms with Gasteiger partial charge >= 0.3 is 11.9 Å². The molecule has 0 atom stereocenters. The van der Waals surface area contributed by atoms with Gasteiger partial charge in [0, 0.05) is 6.07 Å². The van der Waals surface area contributed by atoms with E-state index >= 15 is 0 Å². The van der Waals surface area contributed by atoms with Crippen molar-refractivity contribution < 1.29 is 28.6 Å². The van der Waals surface area contributed by atoms with E-state index in [0.717, 1.165) is 12.8 Å². The highest BCUT2D eigenvalue weighted by molar-refractivity contribution is 6.15. The summed E-state index contributed by atoms with van der Waals surface area (Å²) in [6.45, 7) is 1.78. The van der Waals surface area contributed by atoms with Crippen LogP contribution in [0.25, 0.3) is 6.08 Å². The molecule has 6 nitrogen and oxygen atoms in total. The molecule has 4 rings (SSSR count). The monoisotopic (exact) mass is 378 g/mol. The minimum absolute atomic E-state index is 0.0143. The number of Topliss-reactive ketones (excluding diaryl/α,β-unsaturated/α-hetero) is 1. The van der Waals surface area contributed by atoms with E-state index in [1.165, 1.54) is 7.11 Å². The van der Waals surface area contributed by atoms with Crippen LogP contribution in [0.2, 0.25) is 0 Å². The lowest BCUT2D eigenvalue weighted by Crippen LogP contribution is -2.10. The van der Waals surface area contributed by atoms with Gasteiger partial charge in [-0.25, -0.2) is 4.79 Å². The van der Waals surface area contributed by atoms with E-state index in [1.807, 2.05) is 0 Å². The minimum atomic E-state index is -0.427. The maximum Gasteiger partial charge on any atom is 0.337 e. The van der Waals surface area contributed by atoms with Gasteiger partial charge in [0.05, 0.1) is 24.2 Å². The zero-order chi connectivity index (χ0) is 19.8. The molecule has 0 spiro atoms. The molecule has 142 valence electrons. The van der Waals surface area contributed by atoms with Crippen molar-refractivity contribution in [3.63, 3.8) is 0 Å². The first-order valence-electron chi connectivity index (χ1n) is 8.95. The Morgan fingerprint density at radius 1 is 1.14 bits per heavy atom. The van der Waals surface area contributed by atoms with Crippen molar-refractivity contribution in [1.29, 1.82) is 0 Å². The number of aryl methyl sites for hydroxylation is 1. The molecule has 0 saturated heterocycles. The number of rotatable bonds is 4. The first-order chi connectivity index (χ1) is 13.5. The van der Waals surface area contributed by atoms with Gasteiger partial charge < -0.3 is 14.2 Å². The van der Waals surface area contributed by atoms with Crippen LogP contribution in [0.3, 0.4) is 0 Å². The first kappa shape index (κ1) is 18.0. The highest BCUT2D eigenvalue weighted by Crippen LogP contribution is 2.38. The van der Waals surface area contributed by atoms with Crippen LogP contribution in [0.5, 0.6) is 11.5 Å². The van der Waals surface area contributed by atoms with E-state index < -0.39 is 5.97 Å². The Morgan fingerprint density at radius 3 is 2.50 bits per heavy atom. The molecule has 1 fully saturated rings. The number of hydrogen-bond acceptors (Lipinski definition) is 6. The van der Waals surface area contributed by atoms with Gasteiger partial charge in [-0.1, -0.05) is 12.1 Å². The summed E-state index contributed by atoms with van der Waals surface area (Å²) in [5.74, 6) is 0.0122. The third-order valence-electron chi connectivity index (χ3n) is 4.70. The number of hydrogen-bond donors (Lipinski definition) is 0. The molecule has 0 N–H and O–H groups in total. The largest absolute Gasteiger partial charge is 0.465 e. The standard InChI is InChI=1S/C22H18O6/c1-12-9-16(27-22(25)15-7-8-15)11-17-19(12)20(23)18(28-17)10-13-3-5-14(6-4-13)21(24)26-2/h3-6,9-11,15H,7-8H2,1-2H3/b18-10-. The van der Waals surface area contributed by atoms with Gasteiger partial charge in [0.25, 0.3) is 0 Å². The van der Waals surface area contributed by atoms with Crippen LogP contribution in [0.1, 0.15) is 44.7 Å². The fourth-order valence-corrected chi connectivity index (χ4v) is 3.04. The van der Waals surface area contributed by atoms with Crippen molar-refractivity contribution in [2.24, 2.45) is 5.92 Å². The Balaban J connectivity index is 1.57. The van der Waals surface area contributed by atoms with Crippen LogP contribution in [0, 0.1) is 12.8 Å². The summed E-state index contributed by atoms with van der Waals surface area (Å²) >= 11 is 0. The van der Waals surface area contributed by atoms with E-state index in [0.29, 0.717) is 33.8 Å². The summed E-state index contributed by atoms with van der Waals surface area (Å²) in [5, 5.41) is 0. The van der Waals surface area contributed by atoms with Crippen molar-refractivity contribution in [2.75, 3.05) is 7.11 Å². The lowest BCUT2D eigenvalue weighted by Gasteiger charge is -2.07. The number of allylic oxidation sites excluding steroid dienone is 1. The predicted octanol–water partition coefficient (Wildman–Crippen LogP) is 3.71. The average molecular weight is 378 g/mol. The van der Waals surface area contributed by atoms with E-state index in [9.17, 15) is 14.4 Å². The predicted molar refractivity (Wildman–Crippen MR) is 100 cm³/mol. The van der Waals surface area contributed by atoms with Crippen LogP contribution < -0.4 is 9.47 Å². The number of carbonyl (C=O) groups excluding carboxylic acids is 3. The average Bonchev–Trinajstić information content (AvgIpc) is 3.48. The van der Waals surface area contributed by atoms with Crippen LogP contribution in [0.4, 0.5) is 0 Å². The molecule has 0 radical (unpaired) electrons. The van der Waals surface area contributed by atoms with Crippen molar-refractivity contribution in [2.45, 2.75) is 19.8 Å². The van der Waals surface area contributed by atoms with Crippen LogP contribution >= 0.6 is 0 Å². The molecule has 1 aliphatic heterocycles. The maximum atomic E-state index is 12.7. The summed E-state index contributed by atoms with van der Waals surface area (Å²) in [7, 11) is 1.32. The summed E-state index contributed by atoms with van der Waals surface area (Å²) < 4.78 is 15.8. The summed E-state index contributed by atoms with van der Waals surface area (Å²) in [4.78, 5) is 36.1. The number of carbonyl (C=O) groups is 3. The number of esters is 2. The number of benzene rings is 2. The van der Waals surface area contributed by atoms with Gasteiger partial charge in [0.15, 0.2) is 5.76 Å². The highest BCUT2D eigenvalue weighted by Gasteiger charge is 2.33. The summed E-state index contributed by atoms with van der Waals surface area (Å²) in [6.07, 6.45) is 3.33. The third kappa shape index (κ3) is 3.41. The van der Waals surface area contributed by atoms with Gasteiger partial charge in [0.2, 0.25) is 5.78 Å². The second kappa shape index (κ2) is 6.96. The molecule has 2 aromatic rings.